The highest BCUT2D eigenvalue weighted by atomic mass is 16.6. The van der Waals surface area contributed by atoms with E-state index >= 15 is 0 Å². The first-order valence-corrected chi connectivity index (χ1v) is 9.04. The monoisotopic (exact) mass is 349 g/mol. The molecule has 8 nitrogen and oxygen atoms in total. The van der Waals surface area contributed by atoms with E-state index in [9.17, 15) is 9.90 Å². The Morgan fingerprint density at radius 2 is 2.00 bits per heavy atom. The number of β-amino-alcohol motifs (C(OH)–C–C–N with tert-alkyl or cyclic N) is 1. The lowest BCUT2D eigenvalue weighted by atomic mass is 9.96. The topological polar surface area (TPSA) is 90.8 Å². The first kappa shape index (κ1) is 17.9. The molecule has 0 radical (unpaired) electrons. The third kappa shape index (κ3) is 4.58. The number of piperidine rings is 2. The van der Waals surface area contributed by atoms with E-state index in [1.165, 1.54) is 0 Å². The second-order valence-corrected chi connectivity index (χ2v) is 6.59. The average molecular weight is 349 g/mol. The van der Waals surface area contributed by atoms with E-state index in [1.54, 1.807) is 23.4 Å². The third-order valence-corrected chi connectivity index (χ3v) is 5.00. The van der Waals surface area contributed by atoms with Crippen molar-refractivity contribution in [1.82, 2.24) is 19.8 Å². The molecule has 0 aliphatic carbocycles. The number of hydrogen-bond acceptors (Lipinski definition) is 7. The highest BCUT2D eigenvalue weighted by Gasteiger charge is 2.34. The minimum atomic E-state index is -0.458. The minimum Gasteiger partial charge on any atom is -0.450 e. The number of aromatic nitrogens is 2. The Kier molecular flexibility index (Phi) is 6.04. The van der Waals surface area contributed by atoms with Gasteiger partial charge in [-0.25, -0.2) is 14.8 Å². The largest absolute Gasteiger partial charge is 0.450 e. The van der Waals surface area contributed by atoms with Crippen molar-refractivity contribution in [2.75, 3.05) is 38.1 Å². The molecule has 1 aromatic rings. The quantitative estimate of drug-likeness (QED) is 0.836. The van der Waals surface area contributed by atoms with Gasteiger partial charge in [0.2, 0.25) is 5.95 Å². The van der Waals surface area contributed by atoms with Gasteiger partial charge in [0.25, 0.3) is 0 Å². The molecule has 0 saturated carbocycles. The molecule has 2 atom stereocenters. The van der Waals surface area contributed by atoms with Crippen LogP contribution in [0.4, 0.5) is 10.7 Å². The molecule has 2 fully saturated rings. The molecule has 2 N–H and O–H groups in total. The number of carbonyl (C=O) groups is 1. The van der Waals surface area contributed by atoms with Gasteiger partial charge in [-0.05, 0) is 32.3 Å². The Morgan fingerprint density at radius 3 is 2.64 bits per heavy atom. The van der Waals surface area contributed by atoms with Crippen molar-refractivity contribution in [2.45, 2.75) is 44.4 Å². The Bertz CT molecular complexity index is 550. The van der Waals surface area contributed by atoms with Gasteiger partial charge in [0.1, 0.15) is 0 Å². The van der Waals surface area contributed by atoms with Gasteiger partial charge in [-0.1, -0.05) is 0 Å². The zero-order chi connectivity index (χ0) is 17.6. The van der Waals surface area contributed by atoms with Gasteiger partial charge in [0.05, 0.1) is 18.8 Å². The van der Waals surface area contributed by atoms with Crippen LogP contribution in [0.15, 0.2) is 18.5 Å². The Hall–Kier alpha value is -1.93. The summed E-state index contributed by atoms with van der Waals surface area (Å²) in [6.07, 6.45) is 5.39. The molecule has 3 rings (SSSR count). The molecule has 25 heavy (non-hydrogen) atoms. The van der Waals surface area contributed by atoms with Crippen LogP contribution < -0.4 is 5.32 Å². The Labute approximate surface area is 148 Å². The summed E-state index contributed by atoms with van der Waals surface area (Å²) < 4.78 is 5.06. The van der Waals surface area contributed by atoms with Crippen molar-refractivity contribution < 1.29 is 14.6 Å². The van der Waals surface area contributed by atoms with Gasteiger partial charge in [0, 0.05) is 44.6 Å². The van der Waals surface area contributed by atoms with Gasteiger partial charge in [-0.15, -0.1) is 0 Å². The number of aliphatic hydroxyl groups is 1. The molecule has 0 bridgehead atoms. The number of nitrogens with zero attached hydrogens (tertiary/aromatic N) is 4. The van der Waals surface area contributed by atoms with Crippen LogP contribution in [-0.4, -0.2) is 81.9 Å². The predicted octanol–water partition coefficient (Wildman–Crippen LogP) is 0.945. The predicted molar refractivity (Wildman–Crippen MR) is 93.3 cm³/mol. The number of ether oxygens (including phenoxy) is 1. The third-order valence-electron chi connectivity index (χ3n) is 5.00. The van der Waals surface area contributed by atoms with Gasteiger partial charge in [-0.2, -0.15) is 0 Å². The molecule has 0 spiro atoms. The number of carbonyl (C=O) groups excluding carboxylic acids is 1. The molecular weight excluding hydrogens is 322 g/mol. The number of rotatable bonds is 4. The number of amides is 1. The lowest BCUT2D eigenvalue weighted by Gasteiger charge is -2.43. The van der Waals surface area contributed by atoms with Crippen LogP contribution in [0.3, 0.4) is 0 Å². The molecule has 1 aromatic heterocycles. The minimum absolute atomic E-state index is 0.0294. The summed E-state index contributed by atoms with van der Waals surface area (Å²) in [6.45, 7) is 5.23. The SMILES string of the molecule is CCOC(=O)N1CCC(N2CC[C@@H](Nc3ncccn3)[C@H](O)C2)CC1. The second-order valence-electron chi connectivity index (χ2n) is 6.59. The van der Waals surface area contributed by atoms with E-state index in [0.29, 0.717) is 25.1 Å². The fraction of sp³-hybridized carbons (Fsp3) is 0.706. The molecule has 138 valence electrons. The first-order chi connectivity index (χ1) is 12.2. The summed E-state index contributed by atoms with van der Waals surface area (Å²) >= 11 is 0. The van der Waals surface area contributed by atoms with E-state index in [2.05, 4.69) is 20.2 Å². The molecule has 0 aromatic carbocycles. The molecule has 8 heteroatoms. The van der Waals surface area contributed by atoms with Gasteiger partial charge >= 0.3 is 6.09 Å². The van der Waals surface area contributed by atoms with Crippen molar-refractivity contribution in [1.29, 1.82) is 0 Å². The molecule has 3 heterocycles. The number of anilines is 1. The molecule has 1 amide bonds. The molecule has 0 unspecified atom stereocenters. The smallest absolute Gasteiger partial charge is 0.409 e. The van der Waals surface area contributed by atoms with Crippen LogP contribution in [0.25, 0.3) is 0 Å². The van der Waals surface area contributed by atoms with Crippen molar-refractivity contribution in [3.63, 3.8) is 0 Å². The van der Waals surface area contributed by atoms with Crippen LogP contribution in [0.1, 0.15) is 26.2 Å². The summed E-state index contributed by atoms with van der Waals surface area (Å²) in [5.74, 6) is 0.558. The second kappa shape index (κ2) is 8.44. The summed E-state index contributed by atoms with van der Waals surface area (Å²) in [7, 11) is 0. The lowest BCUT2D eigenvalue weighted by Crippen LogP contribution is -2.55. The van der Waals surface area contributed by atoms with Gasteiger partial charge in [-0.3, -0.25) is 4.90 Å². The van der Waals surface area contributed by atoms with E-state index in [-0.39, 0.29) is 12.1 Å². The summed E-state index contributed by atoms with van der Waals surface area (Å²) in [5, 5.41) is 13.7. The number of aliphatic hydroxyl groups excluding tert-OH is 1. The molecule has 2 aliphatic heterocycles. The zero-order valence-electron chi connectivity index (χ0n) is 14.7. The molecule has 2 aliphatic rings. The Balaban J connectivity index is 1.46. The maximum absolute atomic E-state index is 11.8. The van der Waals surface area contributed by atoms with Crippen molar-refractivity contribution in [3.8, 4) is 0 Å². The summed E-state index contributed by atoms with van der Waals surface area (Å²) in [4.78, 5) is 24.2. The summed E-state index contributed by atoms with van der Waals surface area (Å²) in [6, 6.07) is 2.15. The van der Waals surface area contributed by atoms with Crippen molar-refractivity contribution >= 4 is 12.0 Å². The van der Waals surface area contributed by atoms with Gasteiger partial charge < -0.3 is 20.1 Å². The number of nitrogens with one attached hydrogen (secondary N) is 1. The maximum Gasteiger partial charge on any atom is 0.409 e. The maximum atomic E-state index is 11.8. The summed E-state index contributed by atoms with van der Waals surface area (Å²) in [5.41, 5.74) is 0. The molecular formula is C17H27N5O3. The van der Waals surface area contributed by atoms with Crippen LogP contribution in [0.5, 0.6) is 0 Å². The Morgan fingerprint density at radius 1 is 1.28 bits per heavy atom. The van der Waals surface area contributed by atoms with Crippen LogP contribution in [0.2, 0.25) is 0 Å². The zero-order valence-corrected chi connectivity index (χ0v) is 14.7. The van der Waals surface area contributed by atoms with E-state index in [4.69, 9.17) is 4.74 Å². The van der Waals surface area contributed by atoms with Crippen LogP contribution in [-0.2, 0) is 4.74 Å². The number of likely N-dealkylation sites (tertiary alicyclic amines) is 2. The fourth-order valence-corrected chi connectivity index (χ4v) is 3.62. The lowest BCUT2D eigenvalue weighted by molar-refractivity contribution is 0.0165. The highest BCUT2D eigenvalue weighted by Crippen LogP contribution is 2.23. The normalized spacial score (nSPS) is 25.6. The fourth-order valence-electron chi connectivity index (χ4n) is 3.62. The van der Waals surface area contributed by atoms with E-state index < -0.39 is 6.10 Å². The average Bonchev–Trinajstić information content (AvgIpc) is 2.64. The van der Waals surface area contributed by atoms with Crippen LogP contribution in [0, 0.1) is 0 Å². The highest BCUT2D eigenvalue weighted by molar-refractivity contribution is 5.67. The number of hydrogen-bond donors (Lipinski definition) is 2. The van der Waals surface area contributed by atoms with Crippen molar-refractivity contribution in [2.24, 2.45) is 0 Å². The molecule has 2 saturated heterocycles. The van der Waals surface area contributed by atoms with E-state index in [1.807, 2.05) is 6.92 Å². The standard InChI is InChI=1S/C17H27N5O3/c1-2-25-17(24)21-9-4-13(5-10-21)22-11-6-14(15(23)12-22)20-16-18-7-3-8-19-16/h3,7-8,13-15,23H,2,4-6,9-12H2,1H3,(H,18,19,20)/t14-,15-/m1/s1. The first-order valence-electron chi connectivity index (χ1n) is 9.04. The van der Waals surface area contributed by atoms with Crippen LogP contribution >= 0.6 is 0 Å². The van der Waals surface area contributed by atoms with E-state index in [0.717, 1.165) is 38.9 Å². The van der Waals surface area contributed by atoms with Gasteiger partial charge in [0.15, 0.2) is 0 Å². The van der Waals surface area contributed by atoms with Crippen molar-refractivity contribution in [3.05, 3.63) is 18.5 Å².